The minimum atomic E-state index is -3.82. The van der Waals surface area contributed by atoms with E-state index in [-0.39, 0.29) is 5.16 Å². The van der Waals surface area contributed by atoms with Crippen LogP contribution in [0.25, 0.3) is 0 Å². The number of hydrogen-bond donors (Lipinski definition) is 1. The molecular formula is C11H14N4O2S. The standard InChI is InChI=1S/C11H14N4O2S/c1-8-4-3-5-9(6-8)7-10-13-14-11(15(10)2)18(12,16)17/h3-6H,7H2,1-2H3,(H2,12,16,17). The predicted octanol–water partition coefficient (Wildman–Crippen LogP) is 0.362. The Labute approximate surface area is 106 Å². The molecule has 2 rings (SSSR count). The molecule has 1 aromatic heterocycles. The summed E-state index contributed by atoms with van der Waals surface area (Å²) in [7, 11) is -2.24. The molecule has 0 amide bonds. The van der Waals surface area contributed by atoms with Crippen molar-refractivity contribution in [3.8, 4) is 0 Å². The van der Waals surface area contributed by atoms with Gasteiger partial charge in [0.25, 0.3) is 15.2 Å². The van der Waals surface area contributed by atoms with E-state index in [0.717, 1.165) is 11.1 Å². The zero-order valence-electron chi connectivity index (χ0n) is 10.2. The number of sulfonamides is 1. The van der Waals surface area contributed by atoms with Crippen molar-refractivity contribution in [3.05, 3.63) is 41.2 Å². The van der Waals surface area contributed by atoms with Crippen LogP contribution in [0.3, 0.4) is 0 Å². The Bertz CT molecular complexity index is 676. The average molecular weight is 266 g/mol. The number of benzene rings is 1. The Morgan fingerprint density at radius 1 is 1.33 bits per heavy atom. The molecule has 2 aromatic rings. The normalized spacial score (nSPS) is 11.7. The number of aromatic nitrogens is 3. The van der Waals surface area contributed by atoms with Crippen LogP contribution in [0.2, 0.25) is 0 Å². The Morgan fingerprint density at radius 2 is 2.06 bits per heavy atom. The van der Waals surface area contributed by atoms with E-state index in [1.807, 2.05) is 31.2 Å². The van der Waals surface area contributed by atoms with Gasteiger partial charge in [-0.05, 0) is 12.5 Å². The third kappa shape index (κ3) is 2.57. The van der Waals surface area contributed by atoms with Gasteiger partial charge in [-0.2, -0.15) is 0 Å². The van der Waals surface area contributed by atoms with Crippen molar-refractivity contribution in [2.24, 2.45) is 12.2 Å². The highest BCUT2D eigenvalue weighted by atomic mass is 32.2. The molecule has 0 spiro atoms. The van der Waals surface area contributed by atoms with Crippen LogP contribution in [0.15, 0.2) is 29.4 Å². The van der Waals surface area contributed by atoms with Gasteiger partial charge in [0.2, 0.25) is 0 Å². The minimum absolute atomic E-state index is 0.217. The van der Waals surface area contributed by atoms with E-state index in [1.165, 1.54) is 4.57 Å². The predicted molar refractivity (Wildman–Crippen MR) is 66.4 cm³/mol. The van der Waals surface area contributed by atoms with Gasteiger partial charge in [0, 0.05) is 13.5 Å². The lowest BCUT2D eigenvalue weighted by Gasteiger charge is -2.03. The Kier molecular flexibility index (Phi) is 3.18. The fraction of sp³-hybridized carbons (Fsp3) is 0.273. The molecule has 0 bridgehead atoms. The van der Waals surface area contributed by atoms with Gasteiger partial charge in [0.05, 0.1) is 0 Å². The first kappa shape index (κ1) is 12.7. The van der Waals surface area contributed by atoms with Crippen molar-refractivity contribution in [1.29, 1.82) is 0 Å². The van der Waals surface area contributed by atoms with Gasteiger partial charge < -0.3 is 4.57 Å². The summed E-state index contributed by atoms with van der Waals surface area (Å²) in [4.78, 5) is 0. The monoisotopic (exact) mass is 266 g/mol. The summed E-state index contributed by atoms with van der Waals surface area (Å²) in [6.07, 6.45) is 0.515. The van der Waals surface area contributed by atoms with E-state index in [1.54, 1.807) is 7.05 Å². The van der Waals surface area contributed by atoms with E-state index >= 15 is 0 Å². The van der Waals surface area contributed by atoms with E-state index in [2.05, 4.69) is 10.2 Å². The molecule has 0 aliphatic rings. The summed E-state index contributed by atoms with van der Waals surface area (Å²) in [6.45, 7) is 2.00. The second-order valence-electron chi connectivity index (χ2n) is 4.17. The van der Waals surface area contributed by atoms with Gasteiger partial charge in [-0.1, -0.05) is 29.8 Å². The van der Waals surface area contributed by atoms with Gasteiger partial charge >= 0.3 is 0 Å². The summed E-state index contributed by atoms with van der Waals surface area (Å²) >= 11 is 0. The Balaban J connectivity index is 2.34. The number of rotatable bonds is 3. The molecule has 18 heavy (non-hydrogen) atoms. The molecule has 0 fully saturated rings. The summed E-state index contributed by atoms with van der Waals surface area (Å²) in [5.74, 6) is 0.560. The molecular weight excluding hydrogens is 252 g/mol. The highest BCUT2D eigenvalue weighted by Gasteiger charge is 2.18. The molecule has 96 valence electrons. The third-order valence-corrected chi connectivity index (χ3v) is 3.49. The fourth-order valence-electron chi connectivity index (χ4n) is 1.75. The van der Waals surface area contributed by atoms with Gasteiger partial charge in [-0.25, -0.2) is 13.6 Å². The molecule has 1 heterocycles. The SMILES string of the molecule is Cc1cccc(Cc2nnc(S(N)(=O)=O)n2C)c1. The highest BCUT2D eigenvalue weighted by Crippen LogP contribution is 2.11. The summed E-state index contributed by atoms with van der Waals surface area (Å²) in [6, 6.07) is 7.92. The molecule has 7 heteroatoms. The second-order valence-corrected chi connectivity index (χ2v) is 5.62. The number of aryl methyl sites for hydroxylation is 1. The van der Waals surface area contributed by atoms with Crippen molar-refractivity contribution < 1.29 is 8.42 Å². The zero-order valence-corrected chi connectivity index (χ0v) is 11.0. The summed E-state index contributed by atoms with van der Waals surface area (Å²) in [5, 5.41) is 12.3. The third-order valence-electron chi connectivity index (χ3n) is 2.62. The van der Waals surface area contributed by atoms with Crippen LogP contribution in [0, 0.1) is 6.92 Å². The lowest BCUT2D eigenvalue weighted by molar-refractivity contribution is 0.578. The van der Waals surface area contributed by atoms with Crippen LogP contribution >= 0.6 is 0 Å². The quantitative estimate of drug-likeness (QED) is 0.868. The van der Waals surface area contributed by atoms with Gasteiger partial charge in [0.15, 0.2) is 0 Å². The van der Waals surface area contributed by atoms with Crippen molar-refractivity contribution in [2.75, 3.05) is 0 Å². The molecule has 0 aliphatic carbocycles. The Hall–Kier alpha value is -1.73. The van der Waals surface area contributed by atoms with E-state index in [4.69, 9.17) is 5.14 Å². The number of primary sulfonamides is 1. The fourth-order valence-corrected chi connectivity index (χ4v) is 2.39. The molecule has 1 aromatic carbocycles. The van der Waals surface area contributed by atoms with Crippen LogP contribution < -0.4 is 5.14 Å². The average Bonchev–Trinajstić information content (AvgIpc) is 2.60. The van der Waals surface area contributed by atoms with Crippen LogP contribution in [0.1, 0.15) is 17.0 Å². The zero-order chi connectivity index (χ0) is 13.3. The number of nitrogens with two attached hydrogens (primary N) is 1. The molecule has 0 radical (unpaired) electrons. The largest absolute Gasteiger partial charge is 0.304 e. The lowest BCUT2D eigenvalue weighted by Crippen LogP contribution is -2.17. The summed E-state index contributed by atoms with van der Waals surface area (Å²) in [5.41, 5.74) is 2.19. The van der Waals surface area contributed by atoms with Crippen molar-refractivity contribution >= 4 is 10.0 Å². The van der Waals surface area contributed by atoms with E-state index < -0.39 is 10.0 Å². The van der Waals surface area contributed by atoms with E-state index in [9.17, 15) is 8.42 Å². The van der Waals surface area contributed by atoms with Gasteiger partial charge in [0.1, 0.15) is 5.82 Å². The smallest absolute Gasteiger partial charge is 0.273 e. The molecule has 0 saturated heterocycles. The second kappa shape index (κ2) is 4.51. The summed E-state index contributed by atoms with van der Waals surface area (Å²) < 4.78 is 23.9. The minimum Gasteiger partial charge on any atom is -0.304 e. The molecule has 0 aliphatic heterocycles. The van der Waals surface area contributed by atoms with Gasteiger partial charge in [-0.3, -0.25) is 0 Å². The van der Waals surface area contributed by atoms with Crippen LogP contribution in [0.4, 0.5) is 0 Å². The van der Waals surface area contributed by atoms with Crippen molar-refractivity contribution in [2.45, 2.75) is 18.5 Å². The maximum atomic E-state index is 11.2. The molecule has 2 N–H and O–H groups in total. The first-order valence-electron chi connectivity index (χ1n) is 5.34. The van der Waals surface area contributed by atoms with Crippen LogP contribution in [-0.4, -0.2) is 23.2 Å². The lowest BCUT2D eigenvalue weighted by atomic mass is 10.1. The number of hydrogen-bond acceptors (Lipinski definition) is 4. The first-order chi connectivity index (χ1) is 8.38. The van der Waals surface area contributed by atoms with Crippen molar-refractivity contribution in [3.63, 3.8) is 0 Å². The molecule has 6 nitrogen and oxygen atoms in total. The van der Waals surface area contributed by atoms with E-state index in [0.29, 0.717) is 12.2 Å². The molecule has 0 saturated carbocycles. The van der Waals surface area contributed by atoms with Crippen LogP contribution in [0.5, 0.6) is 0 Å². The highest BCUT2D eigenvalue weighted by molar-refractivity contribution is 7.89. The first-order valence-corrected chi connectivity index (χ1v) is 6.89. The molecule has 0 unspecified atom stereocenters. The topological polar surface area (TPSA) is 90.9 Å². The van der Waals surface area contributed by atoms with Gasteiger partial charge in [-0.15, -0.1) is 10.2 Å². The number of nitrogens with zero attached hydrogens (tertiary/aromatic N) is 3. The maximum absolute atomic E-state index is 11.2. The maximum Gasteiger partial charge on any atom is 0.273 e. The van der Waals surface area contributed by atoms with Crippen molar-refractivity contribution in [1.82, 2.24) is 14.8 Å². The van der Waals surface area contributed by atoms with Crippen LogP contribution in [-0.2, 0) is 23.5 Å². The Morgan fingerprint density at radius 3 is 2.61 bits per heavy atom. The molecule has 0 atom stereocenters.